The van der Waals surface area contributed by atoms with Crippen LogP contribution in [0.1, 0.15) is 40.2 Å². The molecule has 1 aliphatic rings. The van der Waals surface area contributed by atoms with E-state index >= 15 is 0 Å². The highest BCUT2D eigenvalue weighted by Gasteiger charge is 2.28. The maximum atomic E-state index is 13.3. The number of benzene rings is 2. The summed E-state index contributed by atoms with van der Waals surface area (Å²) >= 11 is 0. The van der Waals surface area contributed by atoms with Crippen LogP contribution in [0.2, 0.25) is 0 Å². The van der Waals surface area contributed by atoms with E-state index < -0.39 is 0 Å². The summed E-state index contributed by atoms with van der Waals surface area (Å²) in [5.41, 5.74) is 5.34. The zero-order chi connectivity index (χ0) is 22.0. The van der Waals surface area contributed by atoms with Gasteiger partial charge >= 0.3 is 0 Å². The van der Waals surface area contributed by atoms with Crippen LogP contribution < -0.4 is 4.90 Å². The predicted octanol–water partition coefficient (Wildman–Crippen LogP) is 4.34. The van der Waals surface area contributed by atoms with E-state index in [9.17, 15) is 9.18 Å². The van der Waals surface area contributed by atoms with E-state index in [0.717, 1.165) is 23.4 Å². The first-order valence-corrected chi connectivity index (χ1v) is 10.5. The van der Waals surface area contributed by atoms with Crippen molar-refractivity contribution in [2.24, 2.45) is 0 Å². The number of nitrogens with zero attached hydrogens (tertiary/aromatic N) is 4. The Labute approximate surface area is 182 Å². The molecule has 0 fully saturated rings. The summed E-state index contributed by atoms with van der Waals surface area (Å²) in [6, 6.07) is 14.6. The van der Waals surface area contributed by atoms with Crippen molar-refractivity contribution < 1.29 is 9.18 Å². The van der Waals surface area contributed by atoms with E-state index in [1.165, 1.54) is 23.3 Å². The number of hydrogen-bond donors (Lipinski definition) is 0. The monoisotopic (exact) mass is 418 g/mol. The molecule has 0 aliphatic carbocycles. The Morgan fingerprint density at radius 1 is 1.00 bits per heavy atom. The second kappa shape index (κ2) is 8.94. The average molecular weight is 419 g/mol. The van der Waals surface area contributed by atoms with Crippen LogP contribution in [0.5, 0.6) is 0 Å². The SMILES string of the molecule is Cc1ccccc1CN(C)Cc1nc(C)c2c(n1)N(Cc1ccc(F)cc1)C(=O)CC2. The van der Waals surface area contributed by atoms with Crippen LogP contribution >= 0.6 is 0 Å². The van der Waals surface area contributed by atoms with Crippen molar-refractivity contribution in [1.82, 2.24) is 14.9 Å². The standard InChI is InChI=1S/C25H27FN4O/c1-17-6-4-5-7-20(17)15-29(3)16-23-27-18(2)22-12-13-24(31)30(25(22)28-23)14-19-8-10-21(26)11-9-19/h4-11H,12-16H2,1-3H3. The molecule has 6 heteroatoms. The average Bonchev–Trinajstić information content (AvgIpc) is 2.73. The van der Waals surface area contributed by atoms with Crippen LogP contribution in [0, 0.1) is 19.7 Å². The van der Waals surface area contributed by atoms with E-state index in [0.29, 0.717) is 37.6 Å². The maximum absolute atomic E-state index is 13.3. The molecule has 1 aliphatic heterocycles. The predicted molar refractivity (Wildman–Crippen MR) is 119 cm³/mol. The summed E-state index contributed by atoms with van der Waals surface area (Å²) in [6.45, 7) is 5.85. The lowest BCUT2D eigenvalue weighted by molar-refractivity contribution is -0.119. The lowest BCUT2D eigenvalue weighted by atomic mass is 10.0. The van der Waals surface area contributed by atoms with Gasteiger partial charge in [-0.15, -0.1) is 0 Å². The fourth-order valence-electron chi connectivity index (χ4n) is 4.02. The van der Waals surface area contributed by atoms with E-state index in [2.05, 4.69) is 30.0 Å². The fraction of sp³-hybridized carbons (Fsp3) is 0.320. The third-order valence-electron chi connectivity index (χ3n) is 5.75. The molecule has 2 aromatic carbocycles. The first kappa shape index (κ1) is 21.1. The Morgan fingerprint density at radius 2 is 1.74 bits per heavy atom. The summed E-state index contributed by atoms with van der Waals surface area (Å²) < 4.78 is 13.3. The lowest BCUT2D eigenvalue weighted by Crippen LogP contribution is -2.36. The Balaban J connectivity index is 1.58. The molecule has 0 spiro atoms. The van der Waals surface area contributed by atoms with Crippen LogP contribution in [0.25, 0.3) is 0 Å². The summed E-state index contributed by atoms with van der Waals surface area (Å²) in [6.07, 6.45) is 1.09. The normalized spacial score (nSPS) is 13.6. The van der Waals surface area contributed by atoms with Gasteiger partial charge in [-0.1, -0.05) is 36.4 Å². The van der Waals surface area contributed by atoms with Crippen molar-refractivity contribution in [3.05, 3.63) is 88.1 Å². The molecule has 0 radical (unpaired) electrons. The Kier molecular flexibility index (Phi) is 6.09. The van der Waals surface area contributed by atoms with E-state index in [4.69, 9.17) is 9.97 Å². The number of anilines is 1. The minimum Gasteiger partial charge on any atom is -0.295 e. The molecular weight excluding hydrogens is 391 g/mol. The number of aryl methyl sites for hydroxylation is 2. The van der Waals surface area contributed by atoms with Crippen molar-refractivity contribution in [3.8, 4) is 0 Å². The molecule has 0 bridgehead atoms. The van der Waals surface area contributed by atoms with Crippen LogP contribution in [-0.4, -0.2) is 27.8 Å². The highest BCUT2D eigenvalue weighted by molar-refractivity contribution is 5.95. The van der Waals surface area contributed by atoms with Gasteiger partial charge in [0.2, 0.25) is 5.91 Å². The van der Waals surface area contributed by atoms with Gasteiger partial charge < -0.3 is 0 Å². The Bertz CT molecular complexity index is 1100. The summed E-state index contributed by atoms with van der Waals surface area (Å²) in [4.78, 5) is 26.2. The minimum absolute atomic E-state index is 0.0362. The number of carbonyl (C=O) groups excluding carboxylic acids is 1. The molecule has 5 nitrogen and oxygen atoms in total. The number of rotatable bonds is 6. The largest absolute Gasteiger partial charge is 0.295 e. The molecule has 0 unspecified atom stereocenters. The molecule has 0 atom stereocenters. The minimum atomic E-state index is -0.286. The number of halogens is 1. The molecule has 4 rings (SSSR count). The Hall–Kier alpha value is -3.12. The molecule has 0 saturated carbocycles. The van der Waals surface area contributed by atoms with E-state index in [1.54, 1.807) is 17.0 Å². The molecule has 1 amide bonds. The molecule has 0 saturated heterocycles. The van der Waals surface area contributed by atoms with Gasteiger partial charge in [-0.25, -0.2) is 14.4 Å². The van der Waals surface area contributed by atoms with Gasteiger partial charge in [-0.05, 0) is 56.1 Å². The van der Waals surface area contributed by atoms with Crippen LogP contribution in [0.15, 0.2) is 48.5 Å². The van der Waals surface area contributed by atoms with Crippen molar-refractivity contribution in [2.75, 3.05) is 11.9 Å². The quantitative estimate of drug-likeness (QED) is 0.597. The molecule has 2 heterocycles. The number of carbonyl (C=O) groups is 1. The summed E-state index contributed by atoms with van der Waals surface area (Å²) in [5.74, 6) is 1.14. The second-order valence-corrected chi connectivity index (χ2v) is 8.23. The van der Waals surface area contributed by atoms with Gasteiger partial charge in [0, 0.05) is 24.2 Å². The highest BCUT2D eigenvalue weighted by atomic mass is 19.1. The molecule has 160 valence electrons. The molecule has 0 N–H and O–H groups in total. The second-order valence-electron chi connectivity index (χ2n) is 8.23. The molecule has 31 heavy (non-hydrogen) atoms. The molecule has 3 aromatic rings. The van der Waals surface area contributed by atoms with Crippen molar-refractivity contribution in [1.29, 1.82) is 0 Å². The summed E-state index contributed by atoms with van der Waals surface area (Å²) in [5, 5.41) is 0. The van der Waals surface area contributed by atoms with Crippen LogP contribution in [0.3, 0.4) is 0 Å². The van der Waals surface area contributed by atoms with Gasteiger partial charge in [0.25, 0.3) is 0 Å². The van der Waals surface area contributed by atoms with E-state index in [1.807, 2.05) is 20.0 Å². The lowest BCUT2D eigenvalue weighted by Gasteiger charge is -2.30. The third-order valence-corrected chi connectivity index (χ3v) is 5.75. The maximum Gasteiger partial charge on any atom is 0.228 e. The van der Waals surface area contributed by atoms with Gasteiger partial charge in [-0.3, -0.25) is 14.6 Å². The van der Waals surface area contributed by atoms with Crippen molar-refractivity contribution >= 4 is 11.7 Å². The van der Waals surface area contributed by atoms with Gasteiger partial charge in [0.05, 0.1) is 13.1 Å². The molecule has 1 aromatic heterocycles. The number of hydrogen-bond acceptors (Lipinski definition) is 4. The number of amides is 1. The first-order valence-electron chi connectivity index (χ1n) is 10.5. The van der Waals surface area contributed by atoms with Crippen molar-refractivity contribution in [2.45, 2.75) is 46.3 Å². The topological polar surface area (TPSA) is 49.3 Å². The van der Waals surface area contributed by atoms with Gasteiger partial charge in [0.1, 0.15) is 17.5 Å². The zero-order valence-electron chi connectivity index (χ0n) is 18.2. The fourth-order valence-corrected chi connectivity index (χ4v) is 4.02. The number of fused-ring (bicyclic) bond motifs is 1. The molecular formula is C25H27FN4O. The summed E-state index contributed by atoms with van der Waals surface area (Å²) in [7, 11) is 2.05. The smallest absolute Gasteiger partial charge is 0.228 e. The van der Waals surface area contributed by atoms with E-state index in [-0.39, 0.29) is 11.7 Å². The van der Waals surface area contributed by atoms with Crippen molar-refractivity contribution in [3.63, 3.8) is 0 Å². The number of aromatic nitrogens is 2. The van der Waals surface area contributed by atoms with Gasteiger partial charge in [0.15, 0.2) is 0 Å². The Morgan fingerprint density at radius 3 is 2.48 bits per heavy atom. The van der Waals surface area contributed by atoms with Crippen LogP contribution in [0.4, 0.5) is 10.2 Å². The van der Waals surface area contributed by atoms with Gasteiger partial charge in [-0.2, -0.15) is 0 Å². The van der Waals surface area contributed by atoms with Crippen LogP contribution in [-0.2, 0) is 30.8 Å². The highest BCUT2D eigenvalue weighted by Crippen LogP contribution is 2.29. The zero-order valence-corrected chi connectivity index (χ0v) is 18.2. The first-order chi connectivity index (χ1) is 14.9. The third kappa shape index (κ3) is 4.80.